The minimum atomic E-state index is -1.10. The largest absolute Gasteiger partial charge is 0.481 e. The summed E-state index contributed by atoms with van der Waals surface area (Å²) in [6, 6.07) is 0. The third-order valence-electron chi connectivity index (χ3n) is 0.947. The van der Waals surface area contributed by atoms with Crippen molar-refractivity contribution in [2.75, 3.05) is 0 Å². The molecule has 0 aliphatic rings. The van der Waals surface area contributed by atoms with Crippen LogP contribution in [-0.4, -0.2) is 33.4 Å². The number of aliphatic hydroxyl groups excluding tert-OH is 1. The molecule has 0 atom stereocenters. The Kier molecular flexibility index (Phi) is 10.3. The lowest BCUT2D eigenvalue weighted by Gasteiger charge is -1.94. The number of ketones is 1. The Morgan fingerprint density at radius 2 is 1.77 bits per heavy atom. The van der Waals surface area contributed by atoms with E-state index in [4.69, 9.17) is 15.3 Å². The second-order valence-electron chi connectivity index (χ2n) is 2.54. The first-order valence-electron chi connectivity index (χ1n) is 3.97. The van der Waals surface area contributed by atoms with Crippen LogP contribution in [0.2, 0.25) is 0 Å². The van der Waals surface area contributed by atoms with Gasteiger partial charge in [0, 0.05) is 0 Å². The zero-order valence-electron chi connectivity index (χ0n) is 7.86. The number of aliphatic hydroxyl groups is 2. The molecule has 0 aromatic rings. The van der Waals surface area contributed by atoms with Crippen molar-refractivity contribution in [3.8, 4) is 0 Å². The highest BCUT2D eigenvalue weighted by atomic mass is 16.5. The van der Waals surface area contributed by atoms with Gasteiger partial charge >= 0.3 is 5.97 Å². The monoisotopic (exact) mass is 192 g/mol. The number of aliphatic carboxylic acids is 1. The average molecular weight is 192 g/mol. The van der Waals surface area contributed by atoms with Gasteiger partial charge in [-0.3, -0.25) is 9.59 Å². The Hall–Kier alpha value is -0.940. The van der Waals surface area contributed by atoms with Gasteiger partial charge in [0.1, 0.15) is 12.2 Å². The molecule has 0 aliphatic heterocycles. The Morgan fingerprint density at radius 3 is 1.77 bits per heavy atom. The van der Waals surface area contributed by atoms with Gasteiger partial charge in [0.15, 0.2) is 6.29 Å². The van der Waals surface area contributed by atoms with Gasteiger partial charge in [-0.25, -0.2) is 0 Å². The van der Waals surface area contributed by atoms with Crippen molar-refractivity contribution in [1.82, 2.24) is 0 Å². The normalized spacial score (nSPS) is 9.00. The Balaban J connectivity index is 0. The van der Waals surface area contributed by atoms with Crippen molar-refractivity contribution in [3.05, 3.63) is 0 Å². The number of carboxylic acid groups (broad SMARTS) is 1. The molecule has 0 aliphatic carbocycles. The number of carboxylic acids is 1. The summed E-state index contributed by atoms with van der Waals surface area (Å²) in [5.74, 6) is -1.37. The fourth-order valence-electron chi connectivity index (χ4n) is 0.471. The van der Waals surface area contributed by atoms with E-state index in [9.17, 15) is 9.59 Å². The maximum Gasteiger partial charge on any atom is 0.310 e. The van der Waals surface area contributed by atoms with E-state index in [1.807, 2.05) is 6.92 Å². The topological polar surface area (TPSA) is 94.8 Å². The molecule has 0 amide bonds. The fraction of sp³-hybridized carbons (Fsp3) is 0.750. The van der Waals surface area contributed by atoms with E-state index in [0.29, 0.717) is 6.42 Å². The van der Waals surface area contributed by atoms with E-state index in [1.165, 1.54) is 6.92 Å². The minimum absolute atomic E-state index is 0.312. The summed E-state index contributed by atoms with van der Waals surface area (Å²) in [7, 11) is 0. The first-order valence-corrected chi connectivity index (χ1v) is 3.97. The van der Waals surface area contributed by atoms with Crippen LogP contribution in [0.5, 0.6) is 0 Å². The number of carbonyl (C=O) groups excluding carboxylic acids is 1. The van der Waals surface area contributed by atoms with Gasteiger partial charge in [-0.2, -0.15) is 0 Å². The lowest BCUT2D eigenvalue weighted by atomic mass is 10.3. The third-order valence-corrected chi connectivity index (χ3v) is 0.947. The SMILES string of the molecule is CC(=O)CC(=O)O.CCCC(O)O. The van der Waals surface area contributed by atoms with E-state index in [1.54, 1.807) is 0 Å². The molecular weight excluding hydrogens is 176 g/mol. The van der Waals surface area contributed by atoms with Crippen molar-refractivity contribution in [1.29, 1.82) is 0 Å². The number of Topliss-reactive ketones (excluding diaryl/α,β-unsaturated/α-hetero) is 1. The molecule has 5 nitrogen and oxygen atoms in total. The quantitative estimate of drug-likeness (QED) is 0.435. The van der Waals surface area contributed by atoms with Crippen LogP contribution >= 0.6 is 0 Å². The lowest BCUT2D eigenvalue weighted by molar-refractivity contribution is -0.139. The summed E-state index contributed by atoms with van der Waals surface area (Å²) < 4.78 is 0. The molecule has 0 radical (unpaired) electrons. The second-order valence-corrected chi connectivity index (χ2v) is 2.54. The Labute approximate surface area is 77.0 Å². The highest BCUT2D eigenvalue weighted by molar-refractivity contribution is 5.93. The van der Waals surface area contributed by atoms with Gasteiger partial charge < -0.3 is 15.3 Å². The lowest BCUT2D eigenvalue weighted by Crippen LogP contribution is -2.01. The first kappa shape index (κ1) is 14.6. The molecule has 0 saturated heterocycles. The van der Waals surface area contributed by atoms with Gasteiger partial charge in [-0.15, -0.1) is 0 Å². The minimum Gasteiger partial charge on any atom is -0.481 e. The summed E-state index contributed by atoms with van der Waals surface area (Å²) in [6.45, 7) is 3.15. The van der Waals surface area contributed by atoms with Crippen molar-refractivity contribution in [2.45, 2.75) is 39.4 Å². The van der Waals surface area contributed by atoms with Crippen LogP contribution in [0.4, 0.5) is 0 Å². The maximum atomic E-state index is 9.87. The fourth-order valence-corrected chi connectivity index (χ4v) is 0.471. The second kappa shape index (κ2) is 9.15. The van der Waals surface area contributed by atoms with Gasteiger partial charge in [0.2, 0.25) is 0 Å². The molecule has 0 saturated carbocycles. The maximum absolute atomic E-state index is 9.87. The number of hydrogen-bond donors (Lipinski definition) is 3. The summed E-state index contributed by atoms with van der Waals surface area (Å²) in [6.07, 6.45) is -0.146. The van der Waals surface area contributed by atoms with Crippen LogP contribution in [0.25, 0.3) is 0 Å². The Bertz CT molecular complexity index is 141. The number of carbonyl (C=O) groups is 2. The first-order chi connectivity index (χ1) is 5.90. The van der Waals surface area contributed by atoms with Crippen LogP contribution < -0.4 is 0 Å². The standard InChI is InChI=1S/C4H6O3.C4H10O2/c1-3(5)2-4(6)7;1-2-3-4(5)6/h2H2,1H3,(H,6,7);4-6H,2-3H2,1H3. The molecule has 0 bridgehead atoms. The predicted octanol–water partition coefficient (Wildman–Crippen LogP) is 0.147. The summed E-state index contributed by atoms with van der Waals surface area (Å²) >= 11 is 0. The summed E-state index contributed by atoms with van der Waals surface area (Å²) in [4.78, 5) is 19.5. The van der Waals surface area contributed by atoms with Crippen molar-refractivity contribution < 1.29 is 24.9 Å². The molecule has 0 aromatic heterocycles. The van der Waals surface area contributed by atoms with Crippen LogP contribution in [0.3, 0.4) is 0 Å². The summed E-state index contributed by atoms with van der Waals surface area (Å²) in [5, 5.41) is 24.1. The Morgan fingerprint density at radius 1 is 1.31 bits per heavy atom. The van der Waals surface area contributed by atoms with Gasteiger partial charge in [0.25, 0.3) is 0 Å². The molecule has 0 aromatic carbocycles. The molecule has 0 fully saturated rings. The van der Waals surface area contributed by atoms with Crippen molar-refractivity contribution >= 4 is 11.8 Å². The molecule has 0 spiro atoms. The number of rotatable bonds is 4. The molecule has 0 rings (SSSR count). The molecule has 0 unspecified atom stereocenters. The average Bonchev–Trinajstić information content (AvgIpc) is 1.83. The van der Waals surface area contributed by atoms with Crippen LogP contribution in [0, 0.1) is 0 Å². The van der Waals surface area contributed by atoms with E-state index in [0.717, 1.165) is 6.42 Å². The van der Waals surface area contributed by atoms with Crippen LogP contribution in [-0.2, 0) is 9.59 Å². The zero-order valence-corrected chi connectivity index (χ0v) is 7.86. The third kappa shape index (κ3) is 24.7. The molecule has 5 heteroatoms. The van der Waals surface area contributed by atoms with Crippen molar-refractivity contribution in [2.24, 2.45) is 0 Å². The summed E-state index contributed by atoms with van der Waals surface area (Å²) in [5.41, 5.74) is 0. The molecule has 78 valence electrons. The highest BCUT2D eigenvalue weighted by Crippen LogP contribution is 1.88. The predicted molar refractivity (Wildman–Crippen MR) is 46.1 cm³/mol. The van der Waals surface area contributed by atoms with Gasteiger partial charge in [-0.05, 0) is 13.3 Å². The van der Waals surface area contributed by atoms with Crippen LogP contribution in [0.15, 0.2) is 0 Å². The smallest absolute Gasteiger partial charge is 0.310 e. The zero-order chi connectivity index (χ0) is 10.9. The van der Waals surface area contributed by atoms with E-state index in [2.05, 4.69) is 0 Å². The van der Waals surface area contributed by atoms with Gasteiger partial charge in [0.05, 0.1) is 0 Å². The van der Waals surface area contributed by atoms with E-state index < -0.39 is 12.3 Å². The molecule has 13 heavy (non-hydrogen) atoms. The highest BCUT2D eigenvalue weighted by Gasteiger charge is 1.98. The van der Waals surface area contributed by atoms with Crippen LogP contribution in [0.1, 0.15) is 33.1 Å². The molecule has 0 heterocycles. The van der Waals surface area contributed by atoms with Gasteiger partial charge in [-0.1, -0.05) is 13.3 Å². The van der Waals surface area contributed by atoms with Crippen molar-refractivity contribution in [3.63, 3.8) is 0 Å². The number of hydrogen-bond acceptors (Lipinski definition) is 4. The molecular formula is C8H16O5. The van der Waals surface area contributed by atoms with E-state index >= 15 is 0 Å². The molecule has 3 N–H and O–H groups in total. The van der Waals surface area contributed by atoms with E-state index in [-0.39, 0.29) is 12.2 Å².